The molecule has 1 aromatic rings. The molecule has 0 bridgehead atoms. The van der Waals surface area contributed by atoms with Gasteiger partial charge >= 0.3 is 0 Å². The molecule has 1 rings (SSSR count). The summed E-state index contributed by atoms with van der Waals surface area (Å²) in [5.41, 5.74) is 1.57. The summed E-state index contributed by atoms with van der Waals surface area (Å²) in [5.74, 6) is -0.509. The number of amides is 1. The number of hydrogen-bond acceptors (Lipinski definition) is 2. The minimum Gasteiger partial charge on any atom is -0.396 e. The average Bonchev–Trinajstić information content (AvgIpc) is 2.29. The van der Waals surface area contributed by atoms with Crippen LogP contribution in [0.3, 0.4) is 0 Å². The lowest BCUT2D eigenvalue weighted by Gasteiger charge is -2.10. The van der Waals surface area contributed by atoms with E-state index in [0.29, 0.717) is 6.42 Å². The largest absolute Gasteiger partial charge is 0.396 e. The molecule has 0 aliphatic carbocycles. The van der Waals surface area contributed by atoms with Gasteiger partial charge in [0.15, 0.2) is 0 Å². The van der Waals surface area contributed by atoms with Gasteiger partial charge in [-0.2, -0.15) is 0 Å². The zero-order chi connectivity index (χ0) is 13.5. The maximum Gasteiger partial charge on any atom is 0.244 e. The molecule has 3 nitrogen and oxygen atoms in total. The molecule has 0 spiro atoms. The van der Waals surface area contributed by atoms with E-state index in [4.69, 9.17) is 5.11 Å². The fourth-order valence-electron chi connectivity index (χ4n) is 1.54. The van der Waals surface area contributed by atoms with Crippen molar-refractivity contribution in [1.82, 2.24) is 5.32 Å². The predicted octanol–water partition coefficient (Wildman–Crippen LogP) is 2.12. The lowest BCUT2D eigenvalue weighted by molar-refractivity contribution is -0.117. The molecule has 1 unspecified atom stereocenters. The molecule has 0 saturated heterocycles. The van der Waals surface area contributed by atoms with E-state index in [9.17, 15) is 9.18 Å². The number of halogens is 1. The normalized spacial score (nSPS) is 13.2. The topological polar surface area (TPSA) is 49.3 Å². The zero-order valence-electron chi connectivity index (χ0n) is 10.6. The van der Waals surface area contributed by atoms with Crippen molar-refractivity contribution in [3.05, 3.63) is 41.7 Å². The van der Waals surface area contributed by atoms with Gasteiger partial charge in [0.25, 0.3) is 0 Å². The molecule has 2 N–H and O–H groups in total. The van der Waals surface area contributed by atoms with Crippen LogP contribution in [0.1, 0.15) is 25.8 Å². The Bertz CT molecular complexity index is 426. The van der Waals surface area contributed by atoms with E-state index in [1.54, 1.807) is 19.1 Å². The Morgan fingerprint density at radius 1 is 1.44 bits per heavy atom. The van der Waals surface area contributed by atoms with Crippen molar-refractivity contribution in [3.8, 4) is 0 Å². The number of hydrogen-bond donors (Lipinski definition) is 2. The van der Waals surface area contributed by atoms with E-state index in [2.05, 4.69) is 5.32 Å². The predicted molar refractivity (Wildman–Crippen MR) is 69.4 cm³/mol. The molecule has 18 heavy (non-hydrogen) atoms. The number of nitrogens with one attached hydrogen (secondary N) is 1. The third-order valence-corrected chi connectivity index (χ3v) is 2.60. The van der Waals surface area contributed by atoms with Crippen LogP contribution >= 0.6 is 0 Å². The number of allylic oxidation sites excluding steroid dienone is 1. The average molecular weight is 251 g/mol. The molecular weight excluding hydrogens is 233 g/mol. The fraction of sp³-hybridized carbons (Fsp3) is 0.357. The van der Waals surface area contributed by atoms with E-state index in [-0.39, 0.29) is 24.4 Å². The van der Waals surface area contributed by atoms with Crippen LogP contribution in [0.15, 0.2) is 30.3 Å². The highest BCUT2D eigenvalue weighted by Gasteiger charge is 2.05. The summed E-state index contributed by atoms with van der Waals surface area (Å²) in [4.78, 5) is 11.6. The fourth-order valence-corrected chi connectivity index (χ4v) is 1.54. The van der Waals surface area contributed by atoms with Gasteiger partial charge in [-0.05, 0) is 43.5 Å². The van der Waals surface area contributed by atoms with Gasteiger partial charge in [-0.25, -0.2) is 4.39 Å². The summed E-state index contributed by atoms with van der Waals surface area (Å²) < 4.78 is 12.7. The van der Waals surface area contributed by atoms with Gasteiger partial charge in [-0.1, -0.05) is 12.1 Å². The Balaban J connectivity index is 2.65. The first kappa shape index (κ1) is 14.4. The Morgan fingerprint density at radius 3 is 2.61 bits per heavy atom. The third-order valence-electron chi connectivity index (χ3n) is 2.60. The van der Waals surface area contributed by atoms with Gasteiger partial charge in [-0.15, -0.1) is 0 Å². The summed E-state index contributed by atoms with van der Waals surface area (Å²) in [6, 6.07) is 5.91. The molecule has 1 amide bonds. The molecule has 0 aliphatic heterocycles. The van der Waals surface area contributed by atoms with E-state index in [0.717, 1.165) is 11.1 Å². The van der Waals surface area contributed by atoms with Gasteiger partial charge in [0, 0.05) is 18.7 Å². The zero-order valence-corrected chi connectivity index (χ0v) is 10.6. The number of rotatable bonds is 5. The van der Waals surface area contributed by atoms with E-state index >= 15 is 0 Å². The van der Waals surface area contributed by atoms with E-state index < -0.39 is 0 Å². The lowest BCUT2D eigenvalue weighted by Crippen LogP contribution is -2.31. The van der Waals surface area contributed by atoms with Crippen LogP contribution in [-0.4, -0.2) is 23.7 Å². The Hall–Kier alpha value is -1.68. The standard InChI is InChI=1S/C14H18FNO2/c1-10(12-3-5-13(15)6-4-12)9-14(18)16-11(2)7-8-17/h3-6,9,11,17H,7-8H2,1-2H3,(H,16,18)/b10-9-. The van der Waals surface area contributed by atoms with Crippen LogP contribution in [0.4, 0.5) is 4.39 Å². The maximum absolute atomic E-state index is 12.7. The van der Waals surface area contributed by atoms with Crippen LogP contribution in [0.25, 0.3) is 5.57 Å². The summed E-state index contributed by atoms with van der Waals surface area (Å²) in [6.45, 7) is 3.67. The molecule has 1 aromatic carbocycles. The highest BCUT2D eigenvalue weighted by Crippen LogP contribution is 2.13. The quantitative estimate of drug-likeness (QED) is 0.787. The van der Waals surface area contributed by atoms with Crippen LogP contribution in [0.2, 0.25) is 0 Å². The Morgan fingerprint density at radius 2 is 2.06 bits per heavy atom. The van der Waals surface area contributed by atoms with E-state index in [1.165, 1.54) is 18.2 Å². The van der Waals surface area contributed by atoms with Crippen LogP contribution < -0.4 is 5.32 Å². The van der Waals surface area contributed by atoms with Crippen molar-refractivity contribution >= 4 is 11.5 Å². The number of benzene rings is 1. The van der Waals surface area contributed by atoms with Crippen molar-refractivity contribution < 1.29 is 14.3 Å². The smallest absolute Gasteiger partial charge is 0.244 e. The summed E-state index contributed by atoms with van der Waals surface area (Å²) >= 11 is 0. The molecule has 0 aliphatic rings. The lowest BCUT2D eigenvalue weighted by atomic mass is 10.1. The maximum atomic E-state index is 12.7. The van der Waals surface area contributed by atoms with E-state index in [1.807, 2.05) is 6.92 Å². The van der Waals surface area contributed by atoms with Crippen LogP contribution in [-0.2, 0) is 4.79 Å². The molecule has 0 saturated carbocycles. The number of carbonyl (C=O) groups is 1. The monoisotopic (exact) mass is 251 g/mol. The number of carbonyl (C=O) groups excluding carboxylic acids is 1. The highest BCUT2D eigenvalue weighted by atomic mass is 19.1. The van der Waals surface area contributed by atoms with Crippen LogP contribution in [0.5, 0.6) is 0 Å². The van der Waals surface area contributed by atoms with Gasteiger partial charge in [0.1, 0.15) is 5.82 Å². The molecule has 0 aromatic heterocycles. The first-order valence-corrected chi connectivity index (χ1v) is 5.88. The van der Waals surface area contributed by atoms with Gasteiger partial charge in [-0.3, -0.25) is 4.79 Å². The van der Waals surface area contributed by atoms with Crippen molar-refractivity contribution in [2.75, 3.05) is 6.61 Å². The second kappa shape index (κ2) is 6.91. The second-order valence-corrected chi connectivity index (χ2v) is 4.26. The SMILES string of the molecule is C/C(=C/C(=O)NC(C)CCO)c1ccc(F)cc1. The van der Waals surface area contributed by atoms with Crippen molar-refractivity contribution in [2.45, 2.75) is 26.3 Å². The summed E-state index contributed by atoms with van der Waals surface area (Å²) in [7, 11) is 0. The first-order chi connectivity index (χ1) is 8.52. The van der Waals surface area contributed by atoms with Crippen molar-refractivity contribution in [3.63, 3.8) is 0 Å². The third kappa shape index (κ3) is 4.67. The second-order valence-electron chi connectivity index (χ2n) is 4.26. The minimum atomic E-state index is -0.299. The molecule has 4 heteroatoms. The minimum absolute atomic E-state index is 0.0438. The Kier molecular flexibility index (Phi) is 5.52. The van der Waals surface area contributed by atoms with Crippen molar-refractivity contribution in [1.29, 1.82) is 0 Å². The van der Waals surface area contributed by atoms with Crippen LogP contribution in [0, 0.1) is 5.82 Å². The first-order valence-electron chi connectivity index (χ1n) is 5.88. The number of aliphatic hydroxyl groups excluding tert-OH is 1. The summed E-state index contributed by atoms with van der Waals surface area (Å²) in [5, 5.41) is 11.5. The molecule has 98 valence electrons. The molecule has 1 atom stereocenters. The van der Waals surface area contributed by atoms with Gasteiger partial charge in [0.05, 0.1) is 0 Å². The number of aliphatic hydroxyl groups is 1. The molecule has 0 fully saturated rings. The van der Waals surface area contributed by atoms with Gasteiger partial charge < -0.3 is 10.4 Å². The Labute approximate surface area is 106 Å². The summed E-state index contributed by atoms with van der Waals surface area (Å²) in [6.07, 6.45) is 2.00. The van der Waals surface area contributed by atoms with Gasteiger partial charge in [0.2, 0.25) is 5.91 Å². The van der Waals surface area contributed by atoms with Crippen molar-refractivity contribution in [2.24, 2.45) is 0 Å². The molecular formula is C14H18FNO2. The molecule has 0 heterocycles. The molecule has 0 radical (unpaired) electrons. The highest BCUT2D eigenvalue weighted by molar-refractivity contribution is 5.94.